The SMILES string of the molecule is COc1ccccc1C(=O)N1C[C@@H](F)[C@@H](OCc2nc3ccccc3[nH]2)C1. The first kappa shape index (κ1) is 17.5. The van der Waals surface area contributed by atoms with E-state index in [4.69, 9.17) is 9.47 Å². The number of nitrogens with zero attached hydrogens (tertiary/aromatic N) is 2. The number of carbonyl (C=O) groups excluding carboxylic acids is 1. The molecule has 3 aromatic rings. The molecule has 1 amide bonds. The fourth-order valence-corrected chi connectivity index (χ4v) is 3.31. The molecule has 1 fully saturated rings. The lowest BCUT2D eigenvalue weighted by molar-refractivity contribution is 0.00887. The molecule has 1 aliphatic rings. The number of methoxy groups -OCH3 is 1. The minimum Gasteiger partial charge on any atom is -0.496 e. The maximum absolute atomic E-state index is 14.4. The Hall–Kier alpha value is -2.93. The first-order chi connectivity index (χ1) is 13.2. The third-order valence-corrected chi connectivity index (χ3v) is 4.70. The van der Waals surface area contributed by atoms with Crippen LogP contribution in [-0.4, -0.2) is 53.2 Å². The molecule has 1 saturated heterocycles. The van der Waals surface area contributed by atoms with E-state index >= 15 is 0 Å². The highest BCUT2D eigenvalue weighted by Crippen LogP contribution is 2.24. The van der Waals surface area contributed by atoms with Gasteiger partial charge in [-0.3, -0.25) is 4.79 Å². The fourth-order valence-electron chi connectivity index (χ4n) is 3.31. The number of carbonyl (C=O) groups is 1. The summed E-state index contributed by atoms with van der Waals surface area (Å²) >= 11 is 0. The van der Waals surface area contributed by atoms with Crippen LogP contribution in [0.1, 0.15) is 16.2 Å². The number of aromatic nitrogens is 2. The van der Waals surface area contributed by atoms with Crippen molar-refractivity contribution in [3.8, 4) is 5.75 Å². The number of hydrogen-bond acceptors (Lipinski definition) is 4. The summed E-state index contributed by atoms with van der Waals surface area (Å²) in [7, 11) is 1.51. The lowest BCUT2D eigenvalue weighted by Gasteiger charge is -2.17. The molecule has 0 aliphatic carbocycles. The predicted octanol–water partition coefficient (Wildman–Crippen LogP) is 2.95. The summed E-state index contributed by atoms with van der Waals surface area (Å²) in [4.78, 5) is 21.8. The smallest absolute Gasteiger partial charge is 0.257 e. The van der Waals surface area contributed by atoms with E-state index in [0.29, 0.717) is 17.1 Å². The van der Waals surface area contributed by atoms with Crippen LogP contribution in [0.5, 0.6) is 5.75 Å². The fraction of sp³-hybridized carbons (Fsp3) is 0.300. The molecule has 2 aromatic carbocycles. The highest BCUT2D eigenvalue weighted by atomic mass is 19.1. The Balaban J connectivity index is 1.41. The van der Waals surface area contributed by atoms with Gasteiger partial charge in [0, 0.05) is 0 Å². The molecule has 2 atom stereocenters. The summed E-state index contributed by atoms with van der Waals surface area (Å²) in [5, 5.41) is 0. The zero-order valence-corrected chi connectivity index (χ0v) is 14.9. The first-order valence-electron chi connectivity index (χ1n) is 8.77. The van der Waals surface area contributed by atoms with E-state index in [2.05, 4.69) is 9.97 Å². The van der Waals surface area contributed by atoms with Crippen LogP contribution < -0.4 is 4.74 Å². The number of rotatable bonds is 5. The van der Waals surface area contributed by atoms with E-state index in [1.807, 2.05) is 24.3 Å². The number of alkyl halides is 1. The van der Waals surface area contributed by atoms with Crippen molar-refractivity contribution >= 4 is 16.9 Å². The van der Waals surface area contributed by atoms with Crippen molar-refractivity contribution < 1.29 is 18.7 Å². The highest BCUT2D eigenvalue weighted by molar-refractivity contribution is 5.97. The Morgan fingerprint density at radius 2 is 2.00 bits per heavy atom. The number of amides is 1. The number of halogens is 1. The van der Waals surface area contributed by atoms with Crippen LogP contribution >= 0.6 is 0 Å². The maximum atomic E-state index is 14.4. The van der Waals surface area contributed by atoms with Crippen LogP contribution in [0.4, 0.5) is 4.39 Å². The van der Waals surface area contributed by atoms with Crippen molar-refractivity contribution in [2.24, 2.45) is 0 Å². The molecule has 1 aliphatic heterocycles. The van der Waals surface area contributed by atoms with E-state index in [-0.39, 0.29) is 25.6 Å². The second-order valence-corrected chi connectivity index (χ2v) is 6.48. The summed E-state index contributed by atoms with van der Waals surface area (Å²) in [6, 6.07) is 14.6. The zero-order valence-electron chi connectivity index (χ0n) is 14.9. The van der Waals surface area contributed by atoms with Crippen LogP contribution in [0.25, 0.3) is 11.0 Å². The van der Waals surface area contributed by atoms with Gasteiger partial charge in [-0.05, 0) is 24.3 Å². The van der Waals surface area contributed by atoms with Gasteiger partial charge in [0.05, 0.1) is 36.8 Å². The quantitative estimate of drug-likeness (QED) is 0.751. The van der Waals surface area contributed by atoms with Crippen molar-refractivity contribution in [1.82, 2.24) is 14.9 Å². The molecule has 140 valence electrons. The Kier molecular flexibility index (Phi) is 4.77. The summed E-state index contributed by atoms with van der Waals surface area (Å²) in [6.45, 7) is 0.358. The molecule has 4 rings (SSSR count). The van der Waals surface area contributed by atoms with Gasteiger partial charge in [0.25, 0.3) is 5.91 Å². The van der Waals surface area contributed by atoms with Crippen molar-refractivity contribution in [3.63, 3.8) is 0 Å². The van der Waals surface area contributed by atoms with Gasteiger partial charge >= 0.3 is 0 Å². The van der Waals surface area contributed by atoms with E-state index in [1.165, 1.54) is 12.0 Å². The molecule has 2 heterocycles. The number of fused-ring (bicyclic) bond motifs is 1. The van der Waals surface area contributed by atoms with E-state index < -0.39 is 12.3 Å². The average molecular weight is 369 g/mol. The van der Waals surface area contributed by atoms with Crippen LogP contribution in [-0.2, 0) is 11.3 Å². The Bertz CT molecular complexity index is 925. The first-order valence-corrected chi connectivity index (χ1v) is 8.77. The topological polar surface area (TPSA) is 67.4 Å². The highest BCUT2D eigenvalue weighted by Gasteiger charge is 2.37. The number of imidazole rings is 1. The molecule has 0 radical (unpaired) electrons. The lowest BCUT2D eigenvalue weighted by Crippen LogP contribution is -2.30. The maximum Gasteiger partial charge on any atom is 0.257 e. The van der Waals surface area contributed by atoms with Gasteiger partial charge in [-0.15, -0.1) is 0 Å². The number of para-hydroxylation sites is 3. The molecular formula is C20H20FN3O3. The van der Waals surface area contributed by atoms with Crippen LogP contribution in [0.2, 0.25) is 0 Å². The van der Waals surface area contributed by atoms with Crippen molar-refractivity contribution in [3.05, 3.63) is 59.9 Å². The number of benzene rings is 2. The van der Waals surface area contributed by atoms with Gasteiger partial charge in [0.2, 0.25) is 0 Å². The Morgan fingerprint density at radius 1 is 1.22 bits per heavy atom. The minimum absolute atomic E-state index is 0.00167. The summed E-state index contributed by atoms with van der Waals surface area (Å²) in [6.07, 6.45) is -1.93. The second kappa shape index (κ2) is 7.36. The standard InChI is InChI=1S/C20H20FN3O3/c1-26-17-9-5-2-6-13(17)20(25)24-10-14(21)18(11-24)27-12-19-22-15-7-3-4-8-16(15)23-19/h2-9,14,18H,10-12H2,1H3,(H,22,23)/t14-,18+/m1/s1. The van der Waals surface area contributed by atoms with Gasteiger partial charge < -0.3 is 19.4 Å². The van der Waals surface area contributed by atoms with Crippen molar-refractivity contribution in [1.29, 1.82) is 0 Å². The molecule has 7 heteroatoms. The van der Waals surface area contributed by atoms with Gasteiger partial charge in [-0.1, -0.05) is 24.3 Å². The third kappa shape index (κ3) is 3.50. The van der Waals surface area contributed by atoms with Gasteiger partial charge in [-0.2, -0.15) is 0 Å². The molecule has 0 unspecified atom stereocenters. The molecule has 0 bridgehead atoms. The van der Waals surface area contributed by atoms with E-state index in [9.17, 15) is 9.18 Å². The van der Waals surface area contributed by atoms with Crippen LogP contribution in [0.3, 0.4) is 0 Å². The van der Waals surface area contributed by atoms with Gasteiger partial charge in [-0.25, -0.2) is 9.37 Å². The number of hydrogen-bond donors (Lipinski definition) is 1. The molecule has 6 nitrogen and oxygen atoms in total. The minimum atomic E-state index is -1.24. The Morgan fingerprint density at radius 3 is 2.81 bits per heavy atom. The number of nitrogens with one attached hydrogen (secondary N) is 1. The Labute approximate surface area is 155 Å². The zero-order chi connectivity index (χ0) is 18.8. The normalized spacial score (nSPS) is 19.6. The van der Waals surface area contributed by atoms with Crippen molar-refractivity contribution in [2.45, 2.75) is 18.9 Å². The summed E-state index contributed by atoms with van der Waals surface area (Å²) in [5.74, 6) is 0.854. The summed E-state index contributed by atoms with van der Waals surface area (Å²) < 4.78 is 25.4. The second-order valence-electron chi connectivity index (χ2n) is 6.48. The molecular weight excluding hydrogens is 349 g/mol. The van der Waals surface area contributed by atoms with E-state index in [0.717, 1.165) is 11.0 Å². The third-order valence-electron chi connectivity index (χ3n) is 4.70. The van der Waals surface area contributed by atoms with Crippen molar-refractivity contribution in [2.75, 3.05) is 20.2 Å². The molecule has 1 aromatic heterocycles. The monoisotopic (exact) mass is 369 g/mol. The lowest BCUT2D eigenvalue weighted by atomic mass is 10.2. The number of ether oxygens (including phenoxy) is 2. The number of likely N-dealkylation sites (tertiary alicyclic amines) is 1. The predicted molar refractivity (Wildman–Crippen MR) is 98.5 cm³/mol. The molecule has 0 spiro atoms. The molecule has 0 saturated carbocycles. The average Bonchev–Trinajstić information content (AvgIpc) is 3.28. The molecule has 1 N–H and O–H groups in total. The van der Waals surface area contributed by atoms with Crippen LogP contribution in [0, 0.1) is 0 Å². The molecule has 27 heavy (non-hydrogen) atoms. The summed E-state index contributed by atoms with van der Waals surface area (Å²) in [5.41, 5.74) is 2.17. The van der Waals surface area contributed by atoms with Gasteiger partial charge in [0.15, 0.2) is 0 Å². The number of H-pyrrole nitrogens is 1. The number of aromatic amines is 1. The van der Waals surface area contributed by atoms with Crippen LogP contribution in [0.15, 0.2) is 48.5 Å². The van der Waals surface area contributed by atoms with Gasteiger partial charge in [0.1, 0.15) is 30.5 Å². The largest absolute Gasteiger partial charge is 0.496 e. The van der Waals surface area contributed by atoms with E-state index in [1.54, 1.807) is 24.3 Å².